The Labute approximate surface area is 118 Å². The number of nitrogens with one attached hydrogen (secondary N) is 2. The summed E-state index contributed by atoms with van der Waals surface area (Å²) in [6.07, 6.45) is 0.274. The zero-order valence-corrected chi connectivity index (χ0v) is 10.9. The molecule has 0 saturated carbocycles. The third-order valence-electron chi connectivity index (χ3n) is 3.75. The molecule has 21 heavy (non-hydrogen) atoms. The molecule has 4 amide bonds. The Bertz CT molecular complexity index is 663. The number of imide groups is 1. The minimum atomic E-state index is -1.12. The molecule has 1 unspecified atom stereocenters. The fraction of sp³-hybridized carbons (Fsp3) is 0.308. The van der Waals surface area contributed by atoms with Gasteiger partial charge in [-0.05, 0) is 18.6 Å². The lowest BCUT2D eigenvalue weighted by Crippen LogP contribution is -2.49. The highest BCUT2D eigenvalue weighted by Crippen LogP contribution is 2.27. The Morgan fingerprint density at radius 1 is 1.38 bits per heavy atom. The predicted octanol–water partition coefficient (Wildman–Crippen LogP) is -0.0446. The summed E-state index contributed by atoms with van der Waals surface area (Å²) in [6, 6.07) is 2.66. The van der Waals surface area contributed by atoms with Gasteiger partial charge in [-0.15, -0.1) is 0 Å². The van der Waals surface area contributed by atoms with Gasteiger partial charge in [0, 0.05) is 12.6 Å². The van der Waals surface area contributed by atoms with Crippen LogP contribution in [0.15, 0.2) is 18.2 Å². The number of aromatic hydroxyl groups is 1. The van der Waals surface area contributed by atoms with Gasteiger partial charge in [-0.3, -0.25) is 14.9 Å². The normalized spacial score (nSPS) is 24.3. The number of phenols is 1. The second-order valence-electron chi connectivity index (χ2n) is 5.13. The Hall–Kier alpha value is -2.64. The van der Waals surface area contributed by atoms with Crippen molar-refractivity contribution in [3.63, 3.8) is 0 Å². The molecule has 3 rings (SSSR count). The highest BCUT2D eigenvalue weighted by Gasteiger charge is 2.51. The van der Waals surface area contributed by atoms with Crippen molar-refractivity contribution in [1.82, 2.24) is 15.5 Å². The lowest BCUT2D eigenvalue weighted by Gasteiger charge is -2.21. The molecule has 1 atom stereocenters. The van der Waals surface area contributed by atoms with Crippen LogP contribution in [0.4, 0.5) is 9.18 Å². The SMILES string of the molecule is O=C1NC(=O)C2(CCN(C(=O)c3ccc(O)cc3F)C2)N1. The van der Waals surface area contributed by atoms with Crippen molar-refractivity contribution in [2.45, 2.75) is 12.0 Å². The predicted molar refractivity (Wildman–Crippen MR) is 68.0 cm³/mol. The summed E-state index contributed by atoms with van der Waals surface area (Å²) >= 11 is 0. The molecule has 0 aliphatic carbocycles. The number of phenolic OH excluding ortho intramolecular Hbond substituents is 1. The molecule has 3 N–H and O–H groups in total. The second kappa shape index (κ2) is 4.44. The number of hydrogen-bond acceptors (Lipinski definition) is 4. The van der Waals surface area contributed by atoms with Gasteiger partial charge in [0.2, 0.25) is 0 Å². The standard InChI is InChI=1S/C13H12FN3O4/c14-9-5-7(18)1-2-8(9)10(19)17-4-3-13(6-17)11(20)15-12(21)16-13/h1-2,5,18H,3-4,6H2,(H2,15,16,20,21). The number of hydrogen-bond donors (Lipinski definition) is 3. The molecule has 2 fully saturated rings. The molecule has 2 saturated heterocycles. The quantitative estimate of drug-likeness (QED) is 0.632. The molecule has 2 aliphatic rings. The van der Waals surface area contributed by atoms with Gasteiger partial charge in [-0.2, -0.15) is 0 Å². The summed E-state index contributed by atoms with van der Waals surface area (Å²) in [7, 11) is 0. The van der Waals surface area contributed by atoms with Gasteiger partial charge in [0.05, 0.1) is 12.1 Å². The minimum absolute atomic E-state index is 0.0102. The molecule has 0 bridgehead atoms. The van der Waals surface area contributed by atoms with Crippen LogP contribution in [0.3, 0.4) is 0 Å². The molecule has 1 aromatic carbocycles. The number of rotatable bonds is 1. The van der Waals surface area contributed by atoms with E-state index in [0.717, 1.165) is 6.07 Å². The van der Waals surface area contributed by atoms with E-state index in [1.807, 2.05) is 0 Å². The number of amides is 4. The molecular formula is C13H12FN3O4. The van der Waals surface area contributed by atoms with Gasteiger partial charge in [0.1, 0.15) is 17.1 Å². The average Bonchev–Trinajstić information content (AvgIpc) is 2.94. The fourth-order valence-electron chi connectivity index (χ4n) is 2.65. The first kappa shape index (κ1) is 13.3. The highest BCUT2D eigenvalue weighted by molar-refractivity contribution is 6.08. The Kier molecular flexibility index (Phi) is 2.82. The monoisotopic (exact) mass is 293 g/mol. The zero-order valence-electron chi connectivity index (χ0n) is 10.9. The van der Waals surface area contributed by atoms with Gasteiger partial charge in [-0.1, -0.05) is 0 Å². The first-order chi connectivity index (χ1) is 9.91. The van der Waals surface area contributed by atoms with Crippen LogP contribution in [0.5, 0.6) is 5.75 Å². The largest absolute Gasteiger partial charge is 0.508 e. The van der Waals surface area contributed by atoms with E-state index in [4.69, 9.17) is 5.11 Å². The molecule has 8 heteroatoms. The van der Waals surface area contributed by atoms with E-state index in [1.165, 1.54) is 17.0 Å². The van der Waals surface area contributed by atoms with E-state index in [2.05, 4.69) is 10.6 Å². The van der Waals surface area contributed by atoms with Gasteiger partial charge in [0.15, 0.2) is 0 Å². The van der Waals surface area contributed by atoms with Crippen LogP contribution in [-0.4, -0.2) is 46.5 Å². The Morgan fingerprint density at radius 3 is 2.76 bits per heavy atom. The third kappa shape index (κ3) is 2.08. The molecule has 1 aromatic rings. The number of halogens is 1. The first-order valence-electron chi connectivity index (χ1n) is 6.33. The number of urea groups is 1. The lowest BCUT2D eigenvalue weighted by atomic mass is 9.99. The summed E-state index contributed by atoms with van der Waals surface area (Å²) < 4.78 is 13.7. The van der Waals surface area contributed by atoms with Crippen molar-refractivity contribution in [1.29, 1.82) is 0 Å². The zero-order chi connectivity index (χ0) is 15.2. The van der Waals surface area contributed by atoms with Gasteiger partial charge in [-0.25, -0.2) is 9.18 Å². The summed E-state index contributed by atoms with van der Waals surface area (Å²) in [5, 5.41) is 13.8. The van der Waals surface area contributed by atoms with E-state index in [1.54, 1.807) is 0 Å². The van der Waals surface area contributed by atoms with Crippen LogP contribution < -0.4 is 10.6 Å². The van der Waals surface area contributed by atoms with Crippen LogP contribution >= 0.6 is 0 Å². The number of benzene rings is 1. The minimum Gasteiger partial charge on any atom is -0.508 e. The fourth-order valence-corrected chi connectivity index (χ4v) is 2.65. The van der Waals surface area contributed by atoms with Crippen LogP contribution in [-0.2, 0) is 4.79 Å². The average molecular weight is 293 g/mol. The van der Waals surface area contributed by atoms with Gasteiger partial charge in [0.25, 0.3) is 11.8 Å². The summed E-state index contributed by atoms with van der Waals surface area (Å²) in [6.45, 7) is 0.219. The maximum Gasteiger partial charge on any atom is 0.322 e. The highest BCUT2D eigenvalue weighted by atomic mass is 19.1. The molecule has 0 radical (unpaired) electrons. The lowest BCUT2D eigenvalue weighted by molar-refractivity contribution is -0.123. The van der Waals surface area contributed by atoms with Gasteiger partial charge < -0.3 is 15.3 Å². The third-order valence-corrected chi connectivity index (χ3v) is 3.75. The maximum atomic E-state index is 13.7. The molecule has 7 nitrogen and oxygen atoms in total. The van der Waals surface area contributed by atoms with E-state index in [-0.39, 0.29) is 30.8 Å². The smallest absolute Gasteiger partial charge is 0.322 e. The molecule has 1 spiro atoms. The van der Waals surface area contributed by atoms with Crippen LogP contribution in [0.2, 0.25) is 0 Å². The van der Waals surface area contributed by atoms with Crippen LogP contribution in [0.25, 0.3) is 0 Å². The summed E-state index contributed by atoms with van der Waals surface area (Å²) in [4.78, 5) is 36.6. The summed E-state index contributed by atoms with van der Waals surface area (Å²) in [5.41, 5.74) is -1.31. The van der Waals surface area contributed by atoms with Crippen LogP contribution in [0.1, 0.15) is 16.8 Å². The van der Waals surface area contributed by atoms with Crippen molar-refractivity contribution in [2.75, 3.05) is 13.1 Å². The van der Waals surface area contributed by atoms with Crippen molar-refractivity contribution < 1.29 is 23.9 Å². The number of carbonyl (C=O) groups is 3. The van der Waals surface area contributed by atoms with Crippen molar-refractivity contribution in [3.8, 4) is 5.75 Å². The van der Waals surface area contributed by atoms with Crippen molar-refractivity contribution in [2.24, 2.45) is 0 Å². The number of likely N-dealkylation sites (tertiary alicyclic amines) is 1. The van der Waals surface area contributed by atoms with E-state index in [9.17, 15) is 18.8 Å². The van der Waals surface area contributed by atoms with Gasteiger partial charge >= 0.3 is 6.03 Å². The molecule has 2 aliphatic heterocycles. The maximum absolute atomic E-state index is 13.7. The molecule has 0 aromatic heterocycles. The number of carbonyl (C=O) groups excluding carboxylic acids is 3. The van der Waals surface area contributed by atoms with Crippen LogP contribution in [0, 0.1) is 5.82 Å². The summed E-state index contributed by atoms with van der Waals surface area (Å²) in [5.74, 6) is -2.17. The molecular weight excluding hydrogens is 281 g/mol. The topological polar surface area (TPSA) is 98.7 Å². The number of nitrogens with zero attached hydrogens (tertiary/aromatic N) is 1. The molecule has 110 valence electrons. The van der Waals surface area contributed by atoms with Crippen molar-refractivity contribution >= 4 is 17.8 Å². The first-order valence-corrected chi connectivity index (χ1v) is 6.33. The molecule has 2 heterocycles. The van der Waals surface area contributed by atoms with E-state index >= 15 is 0 Å². The Balaban J connectivity index is 1.82. The van der Waals surface area contributed by atoms with Crippen molar-refractivity contribution in [3.05, 3.63) is 29.6 Å². The van der Waals surface area contributed by atoms with E-state index < -0.39 is 29.2 Å². The van der Waals surface area contributed by atoms with E-state index in [0.29, 0.717) is 0 Å². The second-order valence-corrected chi connectivity index (χ2v) is 5.13. The Morgan fingerprint density at radius 2 is 2.14 bits per heavy atom.